The summed E-state index contributed by atoms with van der Waals surface area (Å²) in [7, 11) is 1.45. The first kappa shape index (κ1) is 13.2. The lowest BCUT2D eigenvalue weighted by molar-refractivity contribution is -0.138. The number of halogens is 3. The van der Waals surface area contributed by atoms with Crippen LogP contribution in [0.25, 0.3) is 0 Å². The van der Waals surface area contributed by atoms with E-state index in [1.165, 1.54) is 32.1 Å². The van der Waals surface area contributed by atoms with E-state index in [0.717, 1.165) is 12.6 Å². The Hall–Kier alpha value is -1.23. The van der Waals surface area contributed by atoms with Gasteiger partial charge < -0.3 is 10.1 Å². The third kappa shape index (κ3) is 3.38. The molecule has 18 heavy (non-hydrogen) atoms. The molecular weight excluding hydrogens is 243 g/mol. The van der Waals surface area contributed by atoms with Gasteiger partial charge in [-0.15, -0.1) is 0 Å². The Morgan fingerprint density at radius 1 is 1.33 bits per heavy atom. The molecule has 2 rings (SSSR count). The van der Waals surface area contributed by atoms with Crippen LogP contribution in [0.5, 0.6) is 5.75 Å². The van der Waals surface area contributed by atoms with E-state index < -0.39 is 11.7 Å². The van der Waals surface area contributed by atoms with Crippen molar-refractivity contribution in [3.63, 3.8) is 0 Å². The minimum atomic E-state index is -4.32. The Morgan fingerprint density at radius 2 is 2.06 bits per heavy atom. The van der Waals surface area contributed by atoms with Crippen LogP contribution in [-0.2, 0) is 12.7 Å². The van der Waals surface area contributed by atoms with Crippen molar-refractivity contribution in [1.29, 1.82) is 0 Å². The molecule has 1 aliphatic rings. The van der Waals surface area contributed by atoms with Gasteiger partial charge in [-0.1, -0.05) is 0 Å². The molecule has 5 heteroatoms. The normalized spacial score (nSPS) is 15.8. The van der Waals surface area contributed by atoms with Gasteiger partial charge in [-0.05, 0) is 49.1 Å². The van der Waals surface area contributed by atoms with E-state index in [-0.39, 0.29) is 12.1 Å². The second kappa shape index (κ2) is 5.18. The van der Waals surface area contributed by atoms with Crippen molar-refractivity contribution in [2.24, 2.45) is 5.92 Å². The highest BCUT2D eigenvalue weighted by atomic mass is 19.4. The van der Waals surface area contributed by atoms with Crippen LogP contribution in [0.3, 0.4) is 0 Å². The molecule has 2 nitrogen and oxygen atoms in total. The highest BCUT2D eigenvalue weighted by Gasteiger charge is 2.33. The Labute approximate surface area is 104 Å². The minimum Gasteiger partial charge on any atom is -0.497 e. The van der Waals surface area contributed by atoms with Crippen molar-refractivity contribution in [2.45, 2.75) is 25.6 Å². The first-order valence-corrected chi connectivity index (χ1v) is 5.95. The van der Waals surface area contributed by atoms with E-state index in [4.69, 9.17) is 4.74 Å². The number of methoxy groups -OCH3 is 1. The molecule has 0 aromatic heterocycles. The molecule has 1 saturated carbocycles. The maximum absolute atomic E-state index is 12.8. The lowest BCUT2D eigenvalue weighted by Gasteiger charge is -2.14. The number of alkyl halides is 3. The van der Waals surface area contributed by atoms with Crippen molar-refractivity contribution >= 4 is 0 Å². The molecule has 100 valence electrons. The Morgan fingerprint density at radius 3 is 2.61 bits per heavy atom. The van der Waals surface area contributed by atoms with Gasteiger partial charge in [0.05, 0.1) is 12.7 Å². The van der Waals surface area contributed by atoms with Gasteiger partial charge in [0.2, 0.25) is 0 Å². The van der Waals surface area contributed by atoms with Crippen LogP contribution in [0.2, 0.25) is 0 Å². The van der Waals surface area contributed by atoms with Crippen molar-refractivity contribution in [3.8, 4) is 5.75 Å². The molecule has 1 aromatic carbocycles. The fourth-order valence-corrected chi connectivity index (χ4v) is 1.85. The van der Waals surface area contributed by atoms with E-state index >= 15 is 0 Å². The van der Waals surface area contributed by atoms with Crippen LogP contribution in [-0.4, -0.2) is 13.7 Å². The van der Waals surface area contributed by atoms with Crippen molar-refractivity contribution in [2.75, 3.05) is 13.7 Å². The molecule has 0 spiro atoms. The lowest BCUT2D eigenvalue weighted by Crippen LogP contribution is -2.19. The van der Waals surface area contributed by atoms with E-state index in [0.29, 0.717) is 11.7 Å². The average Bonchev–Trinajstić information content (AvgIpc) is 3.11. The van der Waals surface area contributed by atoms with Crippen LogP contribution in [0.4, 0.5) is 13.2 Å². The first-order valence-electron chi connectivity index (χ1n) is 5.95. The number of hydrogen-bond acceptors (Lipinski definition) is 2. The molecule has 0 heterocycles. The number of nitrogens with one attached hydrogen (secondary N) is 1. The first-order chi connectivity index (χ1) is 8.50. The summed E-state index contributed by atoms with van der Waals surface area (Å²) >= 11 is 0. The zero-order chi connectivity index (χ0) is 13.2. The molecule has 0 amide bonds. The summed E-state index contributed by atoms with van der Waals surface area (Å²) < 4.78 is 43.4. The predicted octanol–water partition coefficient (Wildman–Crippen LogP) is 3.21. The van der Waals surface area contributed by atoms with Gasteiger partial charge >= 0.3 is 6.18 Å². The Kier molecular flexibility index (Phi) is 3.80. The molecule has 0 atom stereocenters. The van der Waals surface area contributed by atoms with Gasteiger partial charge in [0, 0.05) is 6.54 Å². The van der Waals surface area contributed by atoms with Gasteiger partial charge in [0.15, 0.2) is 0 Å². The summed E-state index contributed by atoms with van der Waals surface area (Å²) in [5.41, 5.74) is -0.353. The van der Waals surface area contributed by atoms with E-state index in [1.807, 2.05) is 0 Å². The fourth-order valence-electron chi connectivity index (χ4n) is 1.85. The SMILES string of the molecule is COc1ccc(C(F)(F)F)c(CNCC2CC2)c1. The smallest absolute Gasteiger partial charge is 0.416 e. The highest BCUT2D eigenvalue weighted by Crippen LogP contribution is 2.34. The average molecular weight is 259 g/mol. The topological polar surface area (TPSA) is 21.3 Å². The second-order valence-corrected chi connectivity index (χ2v) is 4.60. The number of hydrogen-bond donors (Lipinski definition) is 1. The maximum Gasteiger partial charge on any atom is 0.416 e. The standard InChI is InChI=1S/C13H16F3NO/c1-18-11-4-5-12(13(14,15)16)10(6-11)8-17-7-9-2-3-9/h4-6,9,17H,2-3,7-8H2,1H3. The second-order valence-electron chi connectivity index (χ2n) is 4.60. The van der Waals surface area contributed by atoms with Gasteiger partial charge in [-0.25, -0.2) is 0 Å². The Balaban J connectivity index is 2.11. The molecular formula is C13H16F3NO. The number of ether oxygens (including phenoxy) is 1. The summed E-state index contributed by atoms with van der Waals surface area (Å²) in [5.74, 6) is 1.09. The van der Waals surface area contributed by atoms with Crippen LogP contribution >= 0.6 is 0 Å². The van der Waals surface area contributed by atoms with Crippen molar-refractivity contribution < 1.29 is 17.9 Å². The summed E-state index contributed by atoms with van der Waals surface area (Å²) in [4.78, 5) is 0. The number of benzene rings is 1. The summed E-state index contributed by atoms with van der Waals surface area (Å²) in [6.45, 7) is 1.01. The lowest BCUT2D eigenvalue weighted by atomic mass is 10.1. The quantitative estimate of drug-likeness (QED) is 0.876. The third-order valence-corrected chi connectivity index (χ3v) is 3.06. The zero-order valence-corrected chi connectivity index (χ0v) is 10.2. The molecule has 1 aromatic rings. The molecule has 0 aliphatic heterocycles. The highest BCUT2D eigenvalue weighted by molar-refractivity contribution is 5.37. The molecule has 0 unspecified atom stereocenters. The van der Waals surface area contributed by atoms with Crippen LogP contribution in [0.1, 0.15) is 24.0 Å². The Bertz CT molecular complexity index is 413. The van der Waals surface area contributed by atoms with Gasteiger partial charge in [-0.2, -0.15) is 13.2 Å². The van der Waals surface area contributed by atoms with Gasteiger partial charge in [-0.3, -0.25) is 0 Å². The molecule has 0 radical (unpaired) electrons. The molecule has 0 saturated heterocycles. The monoisotopic (exact) mass is 259 g/mol. The summed E-state index contributed by atoms with van der Waals surface area (Å²) in [6.07, 6.45) is -1.96. The predicted molar refractivity (Wildman–Crippen MR) is 62.4 cm³/mol. The summed E-state index contributed by atoms with van der Waals surface area (Å²) in [5, 5.41) is 3.07. The fraction of sp³-hybridized carbons (Fsp3) is 0.538. The van der Waals surface area contributed by atoms with Gasteiger partial charge in [0.1, 0.15) is 5.75 Å². The van der Waals surface area contributed by atoms with Crippen molar-refractivity contribution in [1.82, 2.24) is 5.32 Å². The molecule has 0 bridgehead atoms. The van der Waals surface area contributed by atoms with Crippen LogP contribution < -0.4 is 10.1 Å². The van der Waals surface area contributed by atoms with Crippen molar-refractivity contribution in [3.05, 3.63) is 29.3 Å². The van der Waals surface area contributed by atoms with E-state index in [9.17, 15) is 13.2 Å². The molecule has 1 fully saturated rings. The zero-order valence-electron chi connectivity index (χ0n) is 10.2. The molecule has 1 N–H and O–H groups in total. The van der Waals surface area contributed by atoms with Crippen LogP contribution in [0, 0.1) is 5.92 Å². The van der Waals surface area contributed by atoms with Crippen LogP contribution in [0.15, 0.2) is 18.2 Å². The third-order valence-electron chi connectivity index (χ3n) is 3.06. The van der Waals surface area contributed by atoms with E-state index in [2.05, 4.69) is 5.32 Å². The summed E-state index contributed by atoms with van der Waals surface area (Å²) in [6, 6.07) is 3.86. The maximum atomic E-state index is 12.8. The number of rotatable bonds is 5. The largest absolute Gasteiger partial charge is 0.497 e. The molecule has 1 aliphatic carbocycles. The minimum absolute atomic E-state index is 0.225. The van der Waals surface area contributed by atoms with E-state index in [1.54, 1.807) is 0 Å². The van der Waals surface area contributed by atoms with Gasteiger partial charge in [0.25, 0.3) is 0 Å².